The van der Waals surface area contributed by atoms with Gasteiger partial charge in [0.2, 0.25) is 11.5 Å². The highest BCUT2D eigenvalue weighted by Gasteiger charge is 2.71. The molecule has 21 atom stereocenters. The lowest BCUT2D eigenvalue weighted by Crippen LogP contribution is -2.67. The number of aryl methyl sites for hydroxylation is 1. The number of imidazole rings is 1. The normalized spacial score (nSPS) is 29.8. The van der Waals surface area contributed by atoms with Crippen molar-refractivity contribution in [3.63, 3.8) is 0 Å². The third kappa shape index (κ3) is 23.1. The van der Waals surface area contributed by atoms with Crippen LogP contribution in [0.5, 0.6) is 46.0 Å². The zero-order chi connectivity index (χ0) is 94.3. The number of benzene rings is 3. The van der Waals surface area contributed by atoms with Crippen molar-refractivity contribution in [2.24, 2.45) is 48.6 Å². The average molecular weight is 1820 g/mol. The zero-order valence-electron chi connectivity index (χ0n) is 77.7. The minimum Gasteiger partial charge on any atom is -0.504 e. The molecule has 13 rings (SSSR count). The first-order valence-electron chi connectivity index (χ1n) is 44.6. The van der Waals surface area contributed by atoms with E-state index < -0.39 is 114 Å². The van der Waals surface area contributed by atoms with Gasteiger partial charge in [-0.2, -0.15) is 0 Å². The SMILES string of the molecule is CCN(CC)C(=O)c1ccc(O)c(OC)c1.COc1cc(C(=O)OCCCN(C)CCN(C)CCCOC(=O)c2cc(OC)c(OC)c(OC)c2)cc(OC)c1OC.C[C@H]1O[C@@H](O[C@H]2[C@@H](O)C[C@H](O[C@H]3[C@@H](O)C[C@H](O[C@H]4CC[C@@]5(C)[C@H](CC[C@H]6[C@@H]5C[C@@H](O)[C@]5(C)[C@@H](C7=CC(=O)OC7)CC[C@@]65O)C4)O[C@@H]3C)O[C@@H]2C)C[C@H](O)[C@@H]1O.Cn1c(=O)c2c(ncn2CCO)n(C)c1=O. The van der Waals surface area contributed by atoms with Gasteiger partial charge in [-0.1, -0.05) is 13.8 Å². The van der Waals surface area contributed by atoms with Gasteiger partial charge in [-0.25, -0.2) is 24.2 Å². The molecule has 0 bridgehead atoms. The van der Waals surface area contributed by atoms with Crippen LogP contribution in [0.2, 0.25) is 0 Å². The molecule has 720 valence electrons. The Hall–Kier alpha value is -8.77. The first-order valence-corrected chi connectivity index (χ1v) is 44.6. The van der Waals surface area contributed by atoms with E-state index in [2.05, 4.69) is 21.7 Å². The number of ether oxygens (including phenoxy) is 16. The number of aromatic hydroxyl groups is 1. The van der Waals surface area contributed by atoms with Crippen molar-refractivity contribution in [1.29, 1.82) is 0 Å². The predicted molar refractivity (Wildman–Crippen MR) is 469 cm³/mol. The molecule has 5 aromatic rings. The Balaban J connectivity index is 0.000000204. The lowest BCUT2D eigenvalue weighted by molar-refractivity contribution is -0.336. The Morgan fingerprint density at radius 1 is 0.589 bits per heavy atom. The summed E-state index contributed by atoms with van der Waals surface area (Å²) in [7, 11) is 17.5. The van der Waals surface area contributed by atoms with Crippen LogP contribution in [-0.2, 0) is 68.1 Å². The van der Waals surface area contributed by atoms with E-state index in [1.807, 2.05) is 41.8 Å². The van der Waals surface area contributed by atoms with E-state index in [0.29, 0.717) is 113 Å². The highest BCUT2D eigenvalue weighted by Crippen LogP contribution is 2.70. The Morgan fingerprint density at radius 3 is 1.57 bits per heavy atom. The van der Waals surface area contributed by atoms with Crippen LogP contribution in [0.25, 0.3) is 11.2 Å². The van der Waals surface area contributed by atoms with Crippen LogP contribution in [0.15, 0.2) is 70.0 Å². The average Bonchev–Trinajstić information content (AvgIpc) is 1.53. The van der Waals surface area contributed by atoms with E-state index in [-0.39, 0.29) is 99.1 Å². The number of aliphatic hydroxyl groups excluding tert-OH is 6. The van der Waals surface area contributed by atoms with Crippen LogP contribution in [0.3, 0.4) is 0 Å². The molecule has 37 heteroatoms. The predicted octanol–water partition coefficient (Wildman–Crippen LogP) is 5.92. The molecule has 8 N–H and O–H groups in total. The second kappa shape index (κ2) is 45.6. The van der Waals surface area contributed by atoms with Crippen molar-refractivity contribution in [2.45, 2.75) is 230 Å². The number of carbonyl (C=O) groups excluding carboxylic acids is 4. The maximum Gasteiger partial charge on any atom is 0.338 e. The topological polar surface area (TPSA) is 449 Å². The molecule has 6 heterocycles. The van der Waals surface area contributed by atoms with E-state index in [1.54, 1.807) is 68.3 Å². The molecule has 4 aliphatic heterocycles. The minimum atomic E-state index is -1.01. The first-order chi connectivity index (χ1) is 61.4. The van der Waals surface area contributed by atoms with Gasteiger partial charge in [-0.05, 0) is 190 Å². The van der Waals surface area contributed by atoms with Crippen molar-refractivity contribution in [3.8, 4) is 46.0 Å². The summed E-state index contributed by atoms with van der Waals surface area (Å²) < 4.78 is 93.6. The summed E-state index contributed by atoms with van der Waals surface area (Å²) in [5.74, 6) is 2.00. The second-order valence-electron chi connectivity index (χ2n) is 35.1. The molecular formula is C92H137N7O30. The maximum atomic E-state index is 12.6. The number of rotatable bonds is 32. The fourth-order valence-corrected chi connectivity index (χ4v) is 20.1. The Morgan fingerprint density at radius 2 is 1.09 bits per heavy atom. The number of amides is 1. The number of esters is 3. The number of hydrogen-bond acceptors (Lipinski definition) is 33. The Labute approximate surface area is 753 Å². The number of phenolic OH excluding ortho intramolecular Hbond substituents is 1. The highest BCUT2D eigenvalue weighted by atomic mass is 16.7. The van der Waals surface area contributed by atoms with Crippen molar-refractivity contribution >= 4 is 35.0 Å². The number of phenols is 1. The summed E-state index contributed by atoms with van der Waals surface area (Å²) in [4.78, 5) is 82.5. The van der Waals surface area contributed by atoms with Gasteiger partial charge in [0, 0.05) is 96.2 Å². The number of hydrogen-bond donors (Lipinski definition) is 8. The van der Waals surface area contributed by atoms with Crippen LogP contribution >= 0.6 is 0 Å². The molecule has 129 heavy (non-hydrogen) atoms. The number of aromatic nitrogens is 4. The maximum absolute atomic E-state index is 12.6. The molecule has 8 aliphatic rings. The van der Waals surface area contributed by atoms with Crippen molar-refractivity contribution in [3.05, 3.63) is 98.0 Å². The molecule has 1 amide bonds. The van der Waals surface area contributed by atoms with Gasteiger partial charge >= 0.3 is 23.6 Å². The molecule has 0 radical (unpaired) electrons. The van der Waals surface area contributed by atoms with Gasteiger partial charge in [0.15, 0.2) is 64.5 Å². The zero-order valence-corrected chi connectivity index (χ0v) is 77.7. The van der Waals surface area contributed by atoms with E-state index in [0.717, 1.165) is 74.8 Å². The molecule has 0 unspecified atom stereocenters. The number of aliphatic hydroxyl groups is 7. The molecule has 4 aliphatic carbocycles. The third-order valence-corrected chi connectivity index (χ3v) is 27.5. The molecule has 4 saturated carbocycles. The van der Waals surface area contributed by atoms with Crippen molar-refractivity contribution in [1.82, 2.24) is 33.4 Å². The minimum absolute atomic E-state index is 0.0404. The van der Waals surface area contributed by atoms with Gasteiger partial charge in [0.1, 0.15) is 24.9 Å². The summed E-state index contributed by atoms with van der Waals surface area (Å²) in [6.45, 7) is 19.1. The van der Waals surface area contributed by atoms with E-state index >= 15 is 0 Å². The lowest BCUT2D eigenvalue weighted by Gasteiger charge is -2.65. The molecule has 37 nitrogen and oxygen atoms in total. The van der Waals surface area contributed by atoms with Crippen LogP contribution in [0, 0.1) is 34.5 Å². The van der Waals surface area contributed by atoms with Crippen LogP contribution in [0.1, 0.15) is 163 Å². The number of cyclic esters (lactones) is 1. The molecular weight excluding hydrogens is 1680 g/mol. The third-order valence-electron chi connectivity index (χ3n) is 27.5. The van der Waals surface area contributed by atoms with Gasteiger partial charge in [-0.3, -0.25) is 18.7 Å². The van der Waals surface area contributed by atoms with Gasteiger partial charge in [0.05, 0.1) is 141 Å². The van der Waals surface area contributed by atoms with Crippen LogP contribution < -0.4 is 44.4 Å². The molecule has 3 aromatic carbocycles. The number of nitrogens with zero attached hydrogens (tertiary/aromatic N) is 7. The summed E-state index contributed by atoms with van der Waals surface area (Å²) in [5, 5.41) is 85.1. The largest absolute Gasteiger partial charge is 0.504 e. The lowest BCUT2D eigenvalue weighted by atomic mass is 9.42. The Bertz CT molecular complexity index is 4560. The monoisotopic (exact) mass is 1820 g/mol. The van der Waals surface area contributed by atoms with Gasteiger partial charge in [0.25, 0.3) is 11.5 Å². The fourth-order valence-electron chi connectivity index (χ4n) is 20.1. The second-order valence-corrected chi connectivity index (χ2v) is 35.1. The summed E-state index contributed by atoms with van der Waals surface area (Å²) in [6.07, 6.45) is 1.31. The summed E-state index contributed by atoms with van der Waals surface area (Å²) in [6, 6.07) is 10.9. The first kappa shape index (κ1) is 102. The number of likely N-dealkylation sites (N-methyl/N-ethyl adjacent to an activating group) is 2. The molecule has 0 spiro atoms. The van der Waals surface area contributed by atoms with Crippen molar-refractivity contribution in [2.75, 3.05) is 130 Å². The number of carbonyl (C=O) groups is 4. The molecule has 7 fully saturated rings. The quantitative estimate of drug-likeness (QED) is 0.0107. The molecule has 2 aromatic heterocycles. The van der Waals surface area contributed by atoms with Crippen LogP contribution in [-0.4, -0.2) is 319 Å². The van der Waals surface area contributed by atoms with Crippen molar-refractivity contribution < 1.29 is 136 Å². The Kier molecular flexibility index (Phi) is 36.2. The summed E-state index contributed by atoms with van der Waals surface area (Å²) in [5.41, 5.74) is 0.147. The van der Waals surface area contributed by atoms with E-state index in [1.165, 1.54) is 78.3 Å². The van der Waals surface area contributed by atoms with E-state index in [4.69, 9.17) is 80.9 Å². The number of methoxy groups -OCH3 is 7. The van der Waals surface area contributed by atoms with Crippen LogP contribution in [0.4, 0.5) is 0 Å². The fraction of sp³-hybridized carbons (Fsp3) is 0.685. The molecule has 3 saturated heterocycles. The summed E-state index contributed by atoms with van der Waals surface area (Å²) >= 11 is 0. The number of fused-ring (bicyclic) bond motifs is 6. The van der Waals surface area contributed by atoms with Gasteiger partial charge in [-0.15, -0.1) is 0 Å². The van der Waals surface area contributed by atoms with E-state index in [9.17, 15) is 64.5 Å². The van der Waals surface area contributed by atoms with Gasteiger partial charge < -0.3 is 136 Å². The smallest absolute Gasteiger partial charge is 0.338 e. The highest BCUT2D eigenvalue weighted by molar-refractivity contribution is 5.95. The standard InChI is InChI=1S/C41H64O14.C30H44N2O10.C12H17NO3.C9H12N4O3/c1-19-36(47)28(42)15-34(50-19)54-38-21(3)52-35(17-30(38)44)55-37-20(2)51-33(16-29(37)43)53-24-8-10-39(4)23(13-24)6-7-26-27(39)14-31(45)40(5)25(9-11-41(26,40)48)22-12-32(46)49-18-22;1-31(11-9-15-41-29(33)21-17-23(35-3)27(39-7)24(18-21)36-4)13-14-32(2)12-10-16-42-30(34)22-19-25(37-5)28(40-8)26(20-22)38-6;1-4-13(5-2)12(15)9-6-7-10(14)11(8-9)16-3;1-11-7-6(8(15)12(2)9(11)16)13(3-4-14)5-10-7/h12,19-21,23-31,33-38,42-45,47-48H,6-11,13-18H2,1-5H3;17-20H,9-16H2,1-8H3;6-8,14H,4-5H2,1-3H3;5,14H,3-4H2,1-2H3/t19-,20-,21-,23-,24+,25-,26+,27+,28+,29+,30+,31-,33+,34+,35+,36-,37-,38-,39+,40+,41-;;;/m1.../s1.